The second kappa shape index (κ2) is 7.25. The SMILES string of the molecule is CC1CN(C(=O)CN(C)CC2CCCCC2)CCO1. The third kappa shape index (κ3) is 4.77. The van der Waals surface area contributed by atoms with E-state index in [9.17, 15) is 4.79 Å². The number of rotatable bonds is 4. The van der Waals surface area contributed by atoms with Crippen molar-refractivity contribution in [1.82, 2.24) is 9.80 Å². The minimum Gasteiger partial charge on any atom is -0.375 e. The summed E-state index contributed by atoms with van der Waals surface area (Å²) in [4.78, 5) is 16.4. The molecule has 0 spiro atoms. The Morgan fingerprint density at radius 2 is 2.05 bits per heavy atom. The smallest absolute Gasteiger partial charge is 0.236 e. The zero-order valence-corrected chi connectivity index (χ0v) is 12.4. The summed E-state index contributed by atoms with van der Waals surface area (Å²) in [5, 5.41) is 0. The van der Waals surface area contributed by atoms with Gasteiger partial charge in [-0.05, 0) is 32.7 Å². The van der Waals surface area contributed by atoms with Crippen LogP contribution in [-0.2, 0) is 9.53 Å². The van der Waals surface area contributed by atoms with Gasteiger partial charge in [0.25, 0.3) is 0 Å². The molecule has 1 heterocycles. The molecule has 0 bridgehead atoms. The number of amides is 1. The highest BCUT2D eigenvalue weighted by atomic mass is 16.5. The summed E-state index contributed by atoms with van der Waals surface area (Å²) in [6.07, 6.45) is 6.99. The van der Waals surface area contributed by atoms with Crippen LogP contribution in [0.4, 0.5) is 0 Å². The van der Waals surface area contributed by atoms with E-state index in [0.29, 0.717) is 13.2 Å². The lowest BCUT2D eigenvalue weighted by molar-refractivity contribution is -0.139. The number of hydrogen-bond donors (Lipinski definition) is 0. The largest absolute Gasteiger partial charge is 0.375 e. The van der Waals surface area contributed by atoms with Gasteiger partial charge in [0.2, 0.25) is 5.91 Å². The molecule has 110 valence electrons. The van der Waals surface area contributed by atoms with Crippen LogP contribution in [0.5, 0.6) is 0 Å². The van der Waals surface area contributed by atoms with E-state index in [4.69, 9.17) is 4.74 Å². The summed E-state index contributed by atoms with van der Waals surface area (Å²) in [5.74, 6) is 1.06. The fourth-order valence-electron chi connectivity index (χ4n) is 3.25. The van der Waals surface area contributed by atoms with Gasteiger partial charge in [0.1, 0.15) is 0 Å². The quantitative estimate of drug-likeness (QED) is 0.778. The summed E-state index contributed by atoms with van der Waals surface area (Å²) < 4.78 is 5.48. The molecule has 1 unspecified atom stereocenters. The summed E-state index contributed by atoms with van der Waals surface area (Å²) in [6, 6.07) is 0. The van der Waals surface area contributed by atoms with E-state index in [1.807, 2.05) is 11.8 Å². The number of likely N-dealkylation sites (N-methyl/N-ethyl adjacent to an activating group) is 1. The maximum Gasteiger partial charge on any atom is 0.236 e. The Balaban J connectivity index is 1.71. The van der Waals surface area contributed by atoms with E-state index in [2.05, 4.69) is 11.9 Å². The van der Waals surface area contributed by atoms with Gasteiger partial charge in [0.15, 0.2) is 0 Å². The van der Waals surface area contributed by atoms with Crippen LogP contribution < -0.4 is 0 Å². The van der Waals surface area contributed by atoms with Crippen molar-refractivity contribution < 1.29 is 9.53 Å². The van der Waals surface area contributed by atoms with E-state index >= 15 is 0 Å². The molecule has 1 saturated heterocycles. The number of hydrogen-bond acceptors (Lipinski definition) is 3. The van der Waals surface area contributed by atoms with Gasteiger partial charge in [-0.2, -0.15) is 0 Å². The molecular weight excluding hydrogens is 240 g/mol. The van der Waals surface area contributed by atoms with E-state index < -0.39 is 0 Å². The normalized spacial score (nSPS) is 25.8. The van der Waals surface area contributed by atoms with E-state index in [1.54, 1.807) is 0 Å². The predicted octanol–water partition coefficient (Wildman–Crippen LogP) is 1.75. The molecule has 0 aromatic carbocycles. The third-order valence-electron chi connectivity index (χ3n) is 4.29. The molecule has 19 heavy (non-hydrogen) atoms. The lowest BCUT2D eigenvalue weighted by Crippen LogP contribution is -2.48. The lowest BCUT2D eigenvalue weighted by atomic mass is 9.89. The molecule has 0 aromatic rings. The average molecular weight is 268 g/mol. The molecule has 4 heteroatoms. The third-order valence-corrected chi connectivity index (χ3v) is 4.29. The van der Waals surface area contributed by atoms with Crippen LogP contribution in [0.2, 0.25) is 0 Å². The molecule has 2 rings (SSSR count). The standard InChI is InChI=1S/C15H28N2O2/c1-13-10-17(8-9-19-13)15(18)12-16(2)11-14-6-4-3-5-7-14/h13-14H,3-12H2,1-2H3. The van der Waals surface area contributed by atoms with Gasteiger partial charge in [-0.15, -0.1) is 0 Å². The first-order valence-electron chi connectivity index (χ1n) is 7.73. The minimum absolute atomic E-state index is 0.182. The molecule has 4 nitrogen and oxygen atoms in total. The number of ether oxygens (including phenoxy) is 1. The Labute approximate surface area is 117 Å². The van der Waals surface area contributed by atoms with Crippen LogP contribution in [-0.4, -0.2) is 61.6 Å². The first kappa shape index (κ1) is 14.8. The van der Waals surface area contributed by atoms with Crippen molar-refractivity contribution in [1.29, 1.82) is 0 Å². The van der Waals surface area contributed by atoms with Gasteiger partial charge in [-0.3, -0.25) is 9.69 Å². The molecule has 0 aromatic heterocycles. The maximum absolute atomic E-state index is 12.2. The van der Waals surface area contributed by atoms with Crippen molar-refractivity contribution in [2.45, 2.75) is 45.1 Å². The number of carbonyl (C=O) groups is 1. The molecule has 1 amide bonds. The van der Waals surface area contributed by atoms with Crippen molar-refractivity contribution in [2.24, 2.45) is 5.92 Å². The van der Waals surface area contributed by atoms with Gasteiger partial charge in [-0.25, -0.2) is 0 Å². The van der Waals surface area contributed by atoms with E-state index in [-0.39, 0.29) is 12.0 Å². The van der Waals surface area contributed by atoms with Crippen molar-refractivity contribution in [3.05, 3.63) is 0 Å². The summed E-state index contributed by atoms with van der Waals surface area (Å²) >= 11 is 0. The molecule has 0 radical (unpaired) electrons. The van der Waals surface area contributed by atoms with Crippen LogP contribution >= 0.6 is 0 Å². The van der Waals surface area contributed by atoms with Gasteiger partial charge < -0.3 is 9.64 Å². The topological polar surface area (TPSA) is 32.8 Å². The fraction of sp³-hybridized carbons (Fsp3) is 0.933. The molecule has 1 aliphatic heterocycles. The highest BCUT2D eigenvalue weighted by Gasteiger charge is 2.23. The first-order chi connectivity index (χ1) is 9.15. The Morgan fingerprint density at radius 1 is 1.32 bits per heavy atom. The van der Waals surface area contributed by atoms with Gasteiger partial charge in [0, 0.05) is 19.6 Å². The Morgan fingerprint density at radius 3 is 2.74 bits per heavy atom. The van der Waals surface area contributed by atoms with Crippen molar-refractivity contribution in [3.8, 4) is 0 Å². The minimum atomic E-state index is 0.182. The molecule has 2 aliphatic rings. The van der Waals surface area contributed by atoms with Crippen LogP contribution in [0.15, 0.2) is 0 Å². The van der Waals surface area contributed by atoms with E-state index in [1.165, 1.54) is 32.1 Å². The molecule has 1 aliphatic carbocycles. The average Bonchev–Trinajstić information content (AvgIpc) is 2.39. The Kier molecular flexibility index (Phi) is 5.64. The summed E-state index contributed by atoms with van der Waals surface area (Å²) in [6.45, 7) is 5.84. The van der Waals surface area contributed by atoms with Crippen LogP contribution in [0.25, 0.3) is 0 Å². The zero-order chi connectivity index (χ0) is 13.7. The molecule has 0 N–H and O–H groups in total. The zero-order valence-electron chi connectivity index (χ0n) is 12.4. The number of morpholine rings is 1. The van der Waals surface area contributed by atoms with Crippen molar-refractivity contribution in [2.75, 3.05) is 39.8 Å². The predicted molar refractivity (Wildman–Crippen MR) is 76.1 cm³/mol. The fourth-order valence-corrected chi connectivity index (χ4v) is 3.25. The number of carbonyl (C=O) groups excluding carboxylic acids is 1. The molecular formula is C15H28N2O2. The van der Waals surface area contributed by atoms with Crippen LogP contribution in [0.1, 0.15) is 39.0 Å². The Hall–Kier alpha value is -0.610. The Bertz CT molecular complexity index is 290. The number of nitrogens with zero attached hydrogens (tertiary/aromatic N) is 2. The van der Waals surface area contributed by atoms with E-state index in [0.717, 1.165) is 25.6 Å². The highest BCUT2D eigenvalue weighted by Crippen LogP contribution is 2.24. The van der Waals surface area contributed by atoms with Crippen LogP contribution in [0, 0.1) is 5.92 Å². The van der Waals surface area contributed by atoms with Crippen molar-refractivity contribution in [3.63, 3.8) is 0 Å². The maximum atomic E-state index is 12.2. The van der Waals surface area contributed by atoms with Crippen molar-refractivity contribution >= 4 is 5.91 Å². The van der Waals surface area contributed by atoms with Crippen LogP contribution in [0.3, 0.4) is 0 Å². The van der Waals surface area contributed by atoms with Gasteiger partial charge in [0.05, 0.1) is 19.3 Å². The monoisotopic (exact) mass is 268 g/mol. The van der Waals surface area contributed by atoms with Gasteiger partial charge >= 0.3 is 0 Å². The highest BCUT2D eigenvalue weighted by molar-refractivity contribution is 5.78. The summed E-state index contributed by atoms with van der Waals surface area (Å²) in [7, 11) is 2.08. The molecule has 2 fully saturated rings. The second-order valence-corrected chi connectivity index (χ2v) is 6.22. The lowest BCUT2D eigenvalue weighted by Gasteiger charge is -2.33. The molecule has 1 saturated carbocycles. The summed E-state index contributed by atoms with van der Waals surface area (Å²) in [5.41, 5.74) is 0. The van der Waals surface area contributed by atoms with Gasteiger partial charge in [-0.1, -0.05) is 19.3 Å². The molecule has 1 atom stereocenters. The second-order valence-electron chi connectivity index (χ2n) is 6.22. The first-order valence-corrected chi connectivity index (χ1v) is 7.73.